The Hall–Kier alpha value is -0.315. The summed E-state index contributed by atoms with van der Waals surface area (Å²) in [5, 5.41) is 0. The second kappa shape index (κ2) is 6.42. The first-order valence-electron chi connectivity index (χ1n) is 6.46. The third-order valence-electron chi connectivity index (χ3n) is 3.06. The molecule has 0 aromatic rings. The van der Waals surface area contributed by atoms with E-state index in [1.165, 1.54) is 0 Å². The summed E-state index contributed by atoms with van der Waals surface area (Å²) in [4.78, 5) is 0. The average Bonchev–Trinajstić information content (AvgIpc) is 2.39. The molecule has 1 nitrogen and oxygen atoms in total. The van der Waals surface area contributed by atoms with Crippen molar-refractivity contribution in [2.24, 2.45) is 0 Å². The van der Waals surface area contributed by atoms with Gasteiger partial charge in [-0.3, -0.25) is 0 Å². The molecule has 1 aliphatic rings. The van der Waals surface area contributed by atoms with E-state index >= 15 is 0 Å². The third kappa shape index (κ3) is 5.68. The summed E-state index contributed by atoms with van der Waals surface area (Å²) in [6.07, 6.45) is 6.46. The molecule has 0 spiro atoms. The molecule has 0 amide bonds. The molecule has 0 aromatic carbocycles. The molecule has 1 rings (SSSR count). The highest BCUT2D eigenvalue weighted by Gasteiger charge is 2.25. The van der Waals surface area contributed by atoms with Crippen molar-refractivity contribution in [3.63, 3.8) is 0 Å². The monoisotopic (exact) mass is 374 g/mol. The van der Waals surface area contributed by atoms with Crippen LogP contribution in [0.25, 0.3) is 0 Å². The number of alkyl halides is 1. The standard InChI is InChI=1S/C15H21BFIO/c1-14(2,17)9-10-19-15(3,4)12-7-5-11(18)6-8-13(12)16/h5,7-8H,9-10,16H2,1-4H3. The Morgan fingerprint density at radius 2 is 1.95 bits per heavy atom. The zero-order valence-electron chi connectivity index (χ0n) is 12.3. The minimum Gasteiger partial charge on any atom is -0.371 e. The van der Waals surface area contributed by atoms with Gasteiger partial charge in [0.2, 0.25) is 0 Å². The maximum atomic E-state index is 13.5. The average molecular weight is 374 g/mol. The van der Waals surface area contributed by atoms with Crippen LogP contribution in [-0.2, 0) is 4.74 Å². The van der Waals surface area contributed by atoms with E-state index in [1.807, 2.05) is 33.8 Å². The molecule has 104 valence electrons. The van der Waals surface area contributed by atoms with Crippen LogP contribution >= 0.6 is 22.6 Å². The summed E-state index contributed by atoms with van der Waals surface area (Å²) in [6, 6.07) is 0. The fourth-order valence-corrected chi connectivity index (χ4v) is 2.23. The molecule has 4 heteroatoms. The summed E-state index contributed by atoms with van der Waals surface area (Å²) in [5.74, 6) is 0. The third-order valence-corrected chi connectivity index (χ3v) is 3.73. The van der Waals surface area contributed by atoms with E-state index in [9.17, 15) is 4.39 Å². The topological polar surface area (TPSA) is 9.23 Å². The predicted molar refractivity (Wildman–Crippen MR) is 90.2 cm³/mol. The van der Waals surface area contributed by atoms with E-state index < -0.39 is 11.3 Å². The van der Waals surface area contributed by atoms with Crippen LogP contribution in [0.5, 0.6) is 0 Å². The van der Waals surface area contributed by atoms with E-state index in [0.29, 0.717) is 13.0 Å². The van der Waals surface area contributed by atoms with Crippen LogP contribution < -0.4 is 0 Å². The van der Waals surface area contributed by atoms with Gasteiger partial charge in [-0.05, 0) is 68.0 Å². The second-order valence-corrected chi connectivity index (χ2v) is 7.06. The molecule has 0 atom stereocenters. The Bertz CT molecular complexity index is 463. The van der Waals surface area contributed by atoms with E-state index in [1.54, 1.807) is 13.8 Å². The van der Waals surface area contributed by atoms with Crippen molar-refractivity contribution in [3.05, 3.63) is 38.6 Å². The van der Waals surface area contributed by atoms with Crippen molar-refractivity contribution in [1.82, 2.24) is 0 Å². The highest BCUT2D eigenvalue weighted by atomic mass is 127. The smallest absolute Gasteiger partial charge is 0.140 e. The SMILES string of the molecule is BC1=C(C(C)(C)OCCC(C)(C)F)C=CC(I)=C=C1. The molecule has 0 N–H and O–H groups in total. The van der Waals surface area contributed by atoms with Gasteiger partial charge in [0.25, 0.3) is 0 Å². The van der Waals surface area contributed by atoms with Crippen LogP contribution in [0.1, 0.15) is 34.1 Å². The Balaban J connectivity index is 2.78. The lowest BCUT2D eigenvalue weighted by Crippen LogP contribution is -2.30. The molecular weight excluding hydrogens is 353 g/mol. The fourth-order valence-electron chi connectivity index (χ4n) is 1.89. The predicted octanol–water partition coefficient (Wildman–Crippen LogP) is 3.85. The molecule has 0 aliphatic heterocycles. The first-order valence-corrected chi connectivity index (χ1v) is 7.54. The van der Waals surface area contributed by atoms with Crippen LogP contribution in [0.2, 0.25) is 0 Å². The van der Waals surface area contributed by atoms with Gasteiger partial charge in [0.05, 0.1) is 15.8 Å². The summed E-state index contributed by atoms with van der Waals surface area (Å²) < 4.78 is 20.4. The van der Waals surface area contributed by atoms with Gasteiger partial charge in [-0.25, -0.2) is 4.39 Å². The summed E-state index contributed by atoms with van der Waals surface area (Å²) in [5.41, 5.74) is 3.83. The van der Waals surface area contributed by atoms with Gasteiger partial charge in [-0.15, -0.1) is 5.73 Å². The lowest BCUT2D eigenvalue weighted by Gasteiger charge is -2.29. The van der Waals surface area contributed by atoms with Gasteiger partial charge in [-0.1, -0.05) is 11.5 Å². The Kier molecular flexibility index (Phi) is 5.66. The molecular formula is C15H21BFIO. The quantitative estimate of drug-likeness (QED) is 0.404. The number of rotatable bonds is 5. The maximum Gasteiger partial charge on any atom is 0.140 e. The van der Waals surface area contributed by atoms with Crippen LogP contribution in [0.4, 0.5) is 4.39 Å². The van der Waals surface area contributed by atoms with Crippen molar-refractivity contribution in [3.8, 4) is 0 Å². The number of ether oxygens (including phenoxy) is 1. The van der Waals surface area contributed by atoms with E-state index in [-0.39, 0.29) is 0 Å². The molecule has 0 saturated carbocycles. The summed E-state index contributed by atoms with van der Waals surface area (Å²) in [6.45, 7) is 7.61. The van der Waals surface area contributed by atoms with Gasteiger partial charge < -0.3 is 4.74 Å². The molecule has 0 unspecified atom stereocenters. The van der Waals surface area contributed by atoms with Crippen molar-refractivity contribution in [1.29, 1.82) is 0 Å². The van der Waals surface area contributed by atoms with Crippen molar-refractivity contribution >= 4 is 30.4 Å². The molecule has 0 radical (unpaired) electrons. The second-order valence-electron chi connectivity index (χ2n) is 5.89. The minimum atomic E-state index is -1.18. The summed E-state index contributed by atoms with van der Waals surface area (Å²) >= 11 is 2.24. The lowest BCUT2D eigenvalue weighted by atomic mass is 9.83. The van der Waals surface area contributed by atoms with Crippen LogP contribution in [0.15, 0.2) is 38.6 Å². The molecule has 0 aromatic heterocycles. The summed E-state index contributed by atoms with van der Waals surface area (Å²) in [7, 11) is 2.05. The molecule has 19 heavy (non-hydrogen) atoms. The zero-order chi connectivity index (χ0) is 14.7. The molecule has 0 fully saturated rings. The van der Waals surface area contributed by atoms with E-state index in [2.05, 4.69) is 34.4 Å². The fraction of sp³-hybridized carbons (Fsp3) is 0.533. The van der Waals surface area contributed by atoms with Crippen LogP contribution in [0, 0.1) is 0 Å². The molecule has 1 aliphatic carbocycles. The normalized spacial score (nSPS) is 16.6. The van der Waals surface area contributed by atoms with Gasteiger partial charge in [0.15, 0.2) is 0 Å². The maximum absolute atomic E-state index is 13.5. The Morgan fingerprint density at radius 3 is 2.53 bits per heavy atom. The Morgan fingerprint density at radius 1 is 1.32 bits per heavy atom. The largest absolute Gasteiger partial charge is 0.371 e. The molecule has 0 bridgehead atoms. The first kappa shape index (κ1) is 16.7. The lowest BCUT2D eigenvalue weighted by molar-refractivity contribution is -0.00565. The number of hydrogen-bond acceptors (Lipinski definition) is 1. The van der Waals surface area contributed by atoms with Crippen LogP contribution in [-0.4, -0.2) is 25.7 Å². The molecule has 0 heterocycles. The number of hydrogen-bond donors (Lipinski definition) is 0. The van der Waals surface area contributed by atoms with Gasteiger partial charge in [0.1, 0.15) is 13.5 Å². The number of allylic oxidation sites excluding steroid dienone is 3. The van der Waals surface area contributed by atoms with Crippen molar-refractivity contribution in [2.45, 2.75) is 45.4 Å². The van der Waals surface area contributed by atoms with E-state index in [0.717, 1.165) is 14.6 Å². The zero-order valence-corrected chi connectivity index (χ0v) is 14.5. The highest BCUT2D eigenvalue weighted by Crippen LogP contribution is 2.28. The van der Waals surface area contributed by atoms with Gasteiger partial charge in [-0.2, -0.15) is 0 Å². The van der Waals surface area contributed by atoms with Crippen molar-refractivity contribution < 1.29 is 9.13 Å². The highest BCUT2D eigenvalue weighted by molar-refractivity contribution is 14.1. The Labute approximate surface area is 130 Å². The van der Waals surface area contributed by atoms with Gasteiger partial charge >= 0.3 is 0 Å². The first-order chi connectivity index (χ1) is 8.62. The van der Waals surface area contributed by atoms with E-state index in [4.69, 9.17) is 4.74 Å². The van der Waals surface area contributed by atoms with Crippen LogP contribution in [0.3, 0.4) is 0 Å². The molecule has 0 saturated heterocycles. The van der Waals surface area contributed by atoms with Crippen molar-refractivity contribution in [2.75, 3.05) is 6.61 Å². The van der Waals surface area contributed by atoms with Gasteiger partial charge in [0, 0.05) is 6.42 Å². The minimum absolute atomic E-state index is 0.401. The number of halogens is 2.